The maximum absolute atomic E-state index is 11.6. The zero-order chi connectivity index (χ0) is 12.3. The van der Waals surface area contributed by atoms with E-state index in [1.807, 2.05) is 0 Å². The highest BCUT2D eigenvalue weighted by Gasteiger charge is 2.33. The average molecular weight is 251 g/mol. The van der Waals surface area contributed by atoms with Crippen molar-refractivity contribution in [2.75, 3.05) is 0 Å². The standard InChI is InChI=1S/C9H17NO5S/c1-6(9(12)13)16(14,15)10-7-4-2-3-5-8(7)11/h6-8,10-11H,2-5H2,1H3,(H,12,13)/t6?,7-,8-/m1/s1. The van der Waals surface area contributed by atoms with Crippen molar-refractivity contribution in [2.45, 2.75) is 50.0 Å². The van der Waals surface area contributed by atoms with Crippen molar-refractivity contribution in [3.8, 4) is 0 Å². The Labute approximate surface area is 94.7 Å². The molecule has 1 aliphatic rings. The van der Waals surface area contributed by atoms with Crippen LogP contribution in [0.2, 0.25) is 0 Å². The van der Waals surface area contributed by atoms with E-state index in [2.05, 4.69) is 4.72 Å². The van der Waals surface area contributed by atoms with E-state index in [0.717, 1.165) is 19.8 Å². The third-order valence-corrected chi connectivity index (χ3v) is 4.62. The fourth-order valence-electron chi connectivity index (χ4n) is 1.69. The van der Waals surface area contributed by atoms with Gasteiger partial charge in [-0.2, -0.15) is 0 Å². The van der Waals surface area contributed by atoms with Gasteiger partial charge in [0, 0.05) is 6.04 Å². The first-order chi connectivity index (χ1) is 7.34. The molecule has 0 bridgehead atoms. The topological polar surface area (TPSA) is 104 Å². The van der Waals surface area contributed by atoms with Gasteiger partial charge in [-0.25, -0.2) is 13.1 Å². The van der Waals surface area contributed by atoms with Gasteiger partial charge in [-0.15, -0.1) is 0 Å². The largest absolute Gasteiger partial charge is 0.480 e. The van der Waals surface area contributed by atoms with Crippen LogP contribution in [0, 0.1) is 0 Å². The summed E-state index contributed by atoms with van der Waals surface area (Å²) in [5.41, 5.74) is 0. The minimum Gasteiger partial charge on any atom is -0.480 e. The second-order valence-electron chi connectivity index (χ2n) is 4.10. The van der Waals surface area contributed by atoms with Crippen LogP contribution in [0.15, 0.2) is 0 Å². The number of aliphatic hydroxyl groups excluding tert-OH is 1. The SMILES string of the molecule is CC(C(=O)O)S(=O)(=O)N[C@@H]1CCCC[C@H]1O. The van der Waals surface area contributed by atoms with Gasteiger partial charge in [0.1, 0.15) is 0 Å². The summed E-state index contributed by atoms with van der Waals surface area (Å²) in [5, 5.41) is 16.7. The minimum atomic E-state index is -3.90. The van der Waals surface area contributed by atoms with E-state index in [4.69, 9.17) is 5.11 Å². The number of nitrogens with one attached hydrogen (secondary N) is 1. The predicted molar refractivity (Wildman–Crippen MR) is 57.4 cm³/mol. The first-order valence-electron chi connectivity index (χ1n) is 5.26. The molecule has 1 fully saturated rings. The monoisotopic (exact) mass is 251 g/mol. The van der Waals surface area contributed by atoms with E-state index < -0.39 is 33.4 Å². The van der Waals surface area contributed by atoms with Crippen molar-refractivity contribution in [3.63, 3.8) is 0 Å². The van der Waals surface area contributed by atoms with Crippen LogP contribution in [0.25, 0.3) is 0 Å². The molecule has 0 aromatic heterocycles. The molecule has 0 aromatic carbocycles. The predicted octanol–water partition coefficient (Wildman–Crippen LogP) is -0.318. The Kier molecular flexibility index (Phi) is 4.28. The maximum atomic E-state index is 11.6. The van der Waals surface area contributed by atoms with E-state index in [1.54, 1.807) is 0 Å². The van der Waals surface area contributed by atoms with Crippen molar-refractivity contribution in [1.29, 1.82) is 0 Å². The van der Waals surface area contributed by atoms with Crippen LogP contribution in [-0.2, 0) is 14.8 Å². The van der Waals surface area contributed by atoms with Crippen molar-refractivity contribution < 1.29 is 23.4 Å². The Hall–Kier alpha value is -0.660. The lowest BCUT2D eigenvalue weighted by Crippen LogP contribution is -2.49. The summed E-state index contributed by atoms with van der Waals surface area (Å²) in [7, 11) is -3.90. The molecule has 1 rings (SSSR count). The number of rotatable bonds is 4. The molecule has 3 N–H and O–H groups in total. The first kappa shape index (κ1) is 13.4. The van der Waals surface area contributed by atoms with E-state index >= 15 is 0 Å². The van der Waals surface area contributed by atoms with Crippen molar-refractivity contribution in [2.24, 2.45) is 0 Å². The number of sulfonamides is 1. The second kappa shape index (κ2) is 5.11. The van der Waals surface area contributed by atoms with Crippen LogP contribution in [0.1, 0.15) is 32.6 Å². The maximum Gasteiger partial charge on any atom is 0.323 e. The molecular formula is C9H17NO5S. The van der Waals surface area contributed by atoms with Crippen LogP contribution in [-0.4, -0.2) is 42.0 Å². The second-order valence-corrected chi connectivity index (χ2v) is 6.13. The lowest BCUT2D eigenvalue weighted by atomic mass is 9.93. The van der Waals surface area contributed by atoms with Crippen molar-refractivity contribution in [3.05, 3.63) is 0 Å². The van der Waals surface area contributed by atoms with E-state index in [9.17, 15) is 18.3 Å². The van der Waals surface area contributed by atoms with Crippen molar-refractivity contribution in [1.82, 2.24) is 4.72 Å². The third kappa shape index (κ3) is 3.16. The molecule has 0 aromatic rings. The van der Waals surface area contributed by atoms with Gasteiger partial charge in [0.05, 0.1) is 6.10 Å². The van der Waals surface area contributed by atoms with Gasteiger partial charge in [0.15, 0.2) is 5.25 Å². The molecule has 0 radical (unpaired) electrons. The number of hydrogen-bond donors (Lipinski definition) is 3. The molecule has 0 saturated heterocycles. The van der Waals surface area contributed by atoms with Crippen LogP contribution >= 0.6 is 0 Å². The zero-order valence-electron chi connectivity index (χ0n) is 9.09. The molecule has 0 spiro atoms. The highest BCUT2D eigenvalue weighted by molar-refractivity contribution is 7.90. The molecule has 0 heterocycles. The van der Waals surface area contributed by atoms with Crippen molar-refractivity contribution >= 4 is 16.0 Å². The van der Waals surface area contributed by atoms with Crippen LogP contribution in [0.3, 0.4) is 0 Å². The summed E-state index contributed by atoms with van der Waals surface area (Å²) in [6.45, 7) is 1.11. The number of carboxylic acid groups (broad SMARTS) is 1. The highest BCUT2D eigenvalue weighted by atomic mass is 32.2. The number of hydrogen-bond acceptors (Lipinski definition) is 4. The molecule has 1 unspecified atom stereocenters. The Morgan fingerprint density at radius 2 is 1.94 bits per heavy atom. The number of aliphatic carboxylic acids is 1. The summed E-state index contributed by atoms with van der Waals surface area (Å²) >= 11 is 0. The zero-order valence-corrected chi connectivity index (χ0v) is 9.90. The van der Waals surface area contributed by atoms with Gasteiger partial charge in [-0.1, -0.05) is 12.8 Å². The van der Waals surface area contributed by atoms with E-state index in [-0.39, 0.29) is 0 Å². The quantitative estimate of drug-likeness (QED) is 0.635. The summed E-state index contributed by atoms with van der Waals surface area (Å²) < 4.78 is 25.4. The Bertz CT molecular complexity index is 353. The van der Waals surface area contributed by atoms with Crippen LogP contribution < -0.4 is 4.72 Å². The molecule has 1 aliphatic carbocycles. The van der Waals surface area contributed by atoms with E-state index in [1.165, 1.54) is 0 Å². The fraction of sp³-hybridized carbons (Fsp3) is 0.889. The normalized spacial score (nSPS) is 28.6. The minimum absolute atomic E-state index is 0.548. The molecule has 1 saturated carbocycles. The smallest absolute Gasteiger partial charge is 0.323 e. The third-order valence-electron chi connectivity index (χ3n) is 2.86. The van der Waals surface area contributed by atoms with Crippen LogP contribution in [0.5, 0.6) is 0 Å². The average Bonchev–Trinajstić information content (AvgIpc) is 2.20. The van der Waals surface area contributed by atoms with Gasteiger partial charge >= 0.3 is 5.97 Å². The number of carbonyl (C=O) groups is 1. The molecule has 94 valence electrons. The highest BCUT2D eigenvalue weighted by Crippen LogP contribution is 2.19. The summed E-state index contributed by atoms with van der Waals surface area (Å²) in [6.07, 6.45) is 2.09. The molecule has 0 amide bonds. The van der Waals surface area contributed by atoms with Crippen LogP contribution in [0.4, 0.5) is 0 Å². The lowest BCUT2D eigenvalue weighted by molar-refractivity contribution is -0.136. The fourth-order valence-corrected chi connectivity index (χ4v) is 2.86. The van der Waals surface area contributed by atoms with Gasteiger partial charge in [-0.3, -0.25) is 4.79 Å². The molecule has 16 heavy (non-hydrogen) atoms. The lowest BCUT2D eigenvalue weighted by Gasteiger charge is -2.28. The Balaban J connectivity index is 2.68. The van der Waals surface area contributed by atoms with Gasteiger partial charge < -0.3 is 10.2 Å². The van der Waals surface area contributed by atoms with Gasteiger partial charge in [-0.05, 0) is 19.8 Å². The van der Waals surface area contributed by atoms with Gasteiger partial charge in [0.2, 0.25) is 10.0 Å². The summed E-state index contributed by atoms with van der Waals surface area (Å²) in [5.74, 6) is -1.39. The molecule has 6 nitrogen and oxygen atoms in total. The molecular weight excluding hydrogens is 234 g/mol. The molecule has 7 heteroatoms. The summed E-state index contributed by atoms with van der Waals surface area (Å²) in [4.78, 5) is 10.6. The summed E-state index contributed by atoms with van der Waals surface area (Å²) in [6, 6.07) is -0.555. The molecule has 0 aliphatic heterocycles. The number of aliphatic hydroxyl groups is 1. The molecule has 3 atom stereocenters. The Morgan fingerprint density at radius 3 is 2.44 bits per heavy atom. The first-order valence-corrected chi connectivity index (χ1v) is 6.81. The Morgan fingerprint density at radius 1 is 1.38 bits per heavy atom. The van der Waals surface area contributed by atoms with E-state index in [0.29, 0.717) is 12.8 Å². The number of carboxylic acids is 1. The van der Waals surface area contributed by atoms with Gasteiger partial charge in [0.25, 0.3) is 0 Å².